The molecule has 0 saturated heterocycles. The zero-order chi connectivity index (χ0) is 17.8. The van der Waals surface area contributed by atoms with Crippen LogP contribution in [-0.4, -0.2) is 31.8 Å². The maximum atomic E-state index is 4.66. The quantitative estimate of drug-likeness (QED) is 0.556. The molecule has 0 N–H and O–H groups in total. The molecule has 0 unspecified atom stereocenters. The lowest BCUT2D eigenvalue weighted by Crippen LogP contribution is -2.20. The second kappa shape index (κ2) is 7.14. The van der Waals surface area contributed by atoms with E-state index in [2.05, 4.69) is 32.2 Å². The summed E-state index contributed by atoms with van der Waals surface area (Å²) in [5.74, 6) is 0.656. The average molecular weight is 342 g/mol. The average Bonchev–Trinajstić information content (AvgIpc) is 3.24. The normalized spacial score (nSPS) is 10.7. The van der Waals surface area contributed by atoms with Gasteiger partial charge in [0.2, 0.25) is 5.95 Å². The van der Waals surface area contributed by atoms with Gasteiger partial charge in [-0.15, -0.1) is 0 Å². The zero-order valence-electron chi connectivity index (χ0n) is 14.4. The van der Waals surface area contributed by atoms with Crippen molar-refractivity contribution in [1.29, 1.82) is 0 Å². The minimum Gasteiger partial charge on any atom is -0.339 e. The molecule has 0 aliphatic heterocycles. The molecule has 0 radical (unpaired) electrons. The minimum atomic E-state index is 0.656. The molecule has 0 fully saturated rings. The molecule has 4 aromatic rings. The highest BCUT2D eigenvalue weighted by molar-refractivity contribution is 5.55. The van der Waals surface area contributed by atoms with Gasteiger partial charge in [0.15, 0.2) is 0 Å². The molecular weight excluding hydrogens is 324 g/mol. The first-order chi connectivity index (χ1) is 12.8. The molecule has 0 aliphatic rings. The van der Waals surface area contributed by atoms with Gasteiger partial charge in [-0.3, -0.25) is 4.98 Å². The standard InChI is InChI=1S/C20H18N6/c1-25(15-16-7-2-3-9-19(16)26-14-6-12-23-26)20-22-13-10-18(24-20)17-8-4-5-11-21-17/h2-14H,15H2,1H3. The van der Waals surface area contributed by atoms with Crippen molar-refractivity contribution in [2.24, 2.45) is 0 Å². The molecule has 0 saturated carbocycles. The minimum absolute atomic E-state index is 0.656. The Bertz CT molecular complexity index is 982. The third kappa shape index (κ3) is 3.30. The molecule has 26 heavy (non-hydrogen) atoms. The smallest absolute Gasteiger partial charge is 0.225 e. The van der Waals surface area contributed by atoms with Gasteiger partial charge in [-0.1, -0.05) is 24.3 Å². The van der Waals surface area contributed by atoms with Crippen LogP contribution in [0, 0.1) is 0 Å². The number of rotatable bonds is 5. The van der Waals surface area contributed by atoms with Crippen LogP contribution in [0.25, 0.3) is 17.1 Å². The lowest BCUT2D eigenvalue weighted by atomic mass is 10.1. The first kappa shape index (κ1) is 16.0. The third-order valence-corrected chi connectivity index (χ3v) is 4.06. The van der Waals surface area contributed by atoms with E-state index >= 15 is 0 Å². The molecule has 0 amide bonds. The molecule has 1 aromatic carbocycles. The van der Waals surface area contributed by atoms with Crippen molar-refractivity contribution >= 4 is 5.95 Å². The molecule has 0 bridgehead atoms. The van der Waals surface area contributed by atoms with Crippen molar-refractivity contribution in [2.45, 2.75) is 6.54 Å². The number of hydrogen-bond acceptors (Lipinski definition) is 5. The van der Waals surface area contributed by atoms with E-state index in [-0.39, 0.29) is 0 Å². The number of para-hydroxylation sites is 1. The van der Waals surface area contributed by atoms with Crippen LogP contribution < -0.4 is 4.90 Å². The maximum absolute atomic E-state index is 4.66. The van der Waals surface area contributed by atoms with Crippen LogP contribution in [0.5, 0.6) is 0 Å². The van der Waals surface area contributed by atoms with Crippen molar-refractivity contribution < 1.29 is 0 Å². The largest absolute Gasteiger partial charge is 0.339 e. The van der Waals surface area contributed by atoms with Crippen molar-refractivity contribution in [1.82, 2.24) is 24.7 Å². The highest BCUT2D eigenvalue weighted by atomic mass is 15.3. The van der Waals surface area contributed by atoms with Crippen molar-refractivity contribution in [3.8, 4) is 17.1 Å². The number of anilines is 1. The number of hydrogen-bond donors (Lipinski definition) is 0. The second-order valence-electron chi connectivity index (χ2n) is 5.89. The van der Waals surface area contributed by atoms with Gasteiger partial charge in [-0.25, -0.2) is 14.6 Å². The summed E-state index contributed by atoms with van der Waals surface area (Å²) in [6, 6.07) is 17.8. The fraction of sp³-hybridized carbons (Fsp3) is 0.100. The summed E-state index contributed by atoms with van der Waals surface area (Å²) in [5, 5.41) is 4.34. The Hall–Kier alpha value is -3.54. The number of benzene rings is 1. The van der Waals surface area contributed by atoms with Crippen LogP contribution in [0.1, 0.15) is 5.56 Å². The van der Waals surface area contributed by atoms with Gasteiger partial charge in [0.25, 0.3) is 0 Å². The van der Waals surface area contributed by atoms with Gasteiger partial charge >= 0.3 is 0 Å². The topological polar surface area (TPSA) is 59.7 Å². The molecule has 3 aromatic heterocycles. The summed E-state index contributed by atoms with van der Waals surface area (Å²) in [4.78, 5) is 15.5. The van der Waals surface area contributed by atoms with Crippen LogP contribution in [0.3, 0.4) is 0 Å². The predicted octanol–water partition coefficient (Wildman–Crippen LogP) is 3.36. The summed E-state index contributed by atoms with van der Waals surface area (Å²) in [5.41, 5.74) is 3.83. The van der Waals surface area contributed by atoms with Crippen molar-refractivity contribution in [2.75, 3.05) is 11.9 Å². The van der Waals surface area contributed by atoms with Crippen LogP contribution >= 0.6 is 0 Å². The Morgan fingerprint density at radius 1 is 0.846 bits per heavy atom. The number of aromatic nitrogens is 5. The summed E-state index contributed by atoms with van der Waals surface area (Å²) < 4.78 is 1.87. The van der Waals surface area contributed by atoms with Gasteiger partial charge in [0.05, 0.1) is 17.1 Å². The lowest BCUT2D eigenvalue weighted by Gasteiger charge is -2.19. The Morgan fingerprint density at radius 3 is 2.54 bits per heavy atom. The molecule has 6 nitrogen and oxygen atoms in total. The summed E-state index contributed by atoms with van der Waals surface area (Å²) in [6.07, 6.45) is 7.25. The van der Waals surface area contributed by atoms with Gasteiger partial charge in [-0.2, -0.15) is 5.10 Å². The Kier molecular flexibility index (Phi) is 4.38. The van der Waals surface area contributed by atoms with Crippen molar-refractivity contribution in [3.63, 3.8) is 0 Å². The second-order valence-corrected chi connectivity index (χ2v) is 5.89. The van der Waals surface area contributed by atoms with Crippen LogP contribution in [0.2, 0.25) is 0 Å². The Morgan fingerprint density at radius 2 is 1.73 bits per heavy atom. The summed E-state index contributed by atoms with van der Waals surface area (Å²) >= 11 is 0. The van der Waals surface area contributed by atoms with Gasteiger partial charge in [-0.05, 0) is 35.9 Å². The molecule has 128 valence electrons. The van der Waals surface area contributed by atoms with E-state index in [1.165, 1.54) is 0 Å². The molecule has 0 atom stereocenters. The fourth-order valence-corrected chi connectivity index (χ4v) is 2.79. The van der Waals surface area contributed by atoms with E-state index < -0.39 is 0 Å². The fourth-order valence-electron chi connectivity index (χ4n) is 2.79. The SMILES string of the molecule is CN(Cc1ccccc1-n1cccn1)c1nccc(-c2ccccn2)n1. The molecule has 4 rings (SSSR count). The first-order valence-corrected chi connectivity index (χ1v) is 8.35. The number of nitrogens with zero attached hydrogens (tertiary/aromatic N) is 6. The van der Waals surface area contributed by atoms with Crippen LogP contribution in [0.15, 0.2) is 79.4 Å². The first-order valence-electron chi connectivity index (χ1n) is 8.35. The highest BCUT2D eigenvalue weighted by Gasteiger charge is 2.11. The predicted molar refractivity (Wildman–Crippen MR) is 101 cm³/mol. The zero-order valence-corrected chi connectivity index (χ0v) is 14.4. The lowest BCUT2D eigenvalue weighted by molar-refractivity contribution is 0.824. The van der Waals surface area contributed by atoms with E-state index in [1.807, 2.05) is 65.3 Å². The maximum Gasteiger partial charge on any atom is 0.225 e. The van der Waals surface area contributed by atoms with Gasteiger partial charge in [0.1, 0.15) is 0 Å². The van der Waals surface area contributed by atoms with Crippen LogP contribution in [0.4, 0.5) is 5.95 Å². The summed E-state index contributed by atoms with van der Waals surface area (Å²) in [7, 11) is 1.98. The number of pyridine rings is 1. The third-order valence-electron chi connectivity index (χ3n) is 4.06. The molecular formula is C20H18N6. The van der Waals surface area contributed by atoms with Gasteiger partial charge in [0, 0.05) is 38.4 Å². The summed E-state index contributed by atoms with van der Waals surface area (Å²) in [6.45, 7) is 0.668. The van der Waals surface area contributed by atoms with E-state index in [0.717, 1.165) is 22.6 Å². The van der Waals surface area contributed by atoms with E-state index in [4.69, 9.17) is 0 Å². The molecule has 0 aliphatic carbocycles. The van der Waals surface area contributed by atoms with Gasteiger partial charge < -0.3 is 4.90 Å². The Labute approximate surface area is 151 Å². The highest BCUT2D eigenvalue weighted by Crippen LogP contribution is 2.19. The monoisotopic (exact) mass is 342 g/mol. The molecule has 6 heteroatoms. The Balaban J connectivity index is 1.61. The van der Waals surface area contributed by atoms with Crippen molar-refractivity contribution in [3.05, 3.63) is 84.9 Å². The molecule has 0 spiro atoms. The van der Waals surface area contributed by atoms with E-state index in [1.54, 1.807) is 18.6 Å². The van der Waals surface area contributed by atoms with E-state index in [0.29, 0.717) is 12.5 Å². The van der Waals surface area contributed by atoms with Crippen LogP contribution in [-0.2, 0) is 6.54 Å². The van der Waals surface area contributed by atoms with E-state index in [9.17, 15) is 0 Å². The molecule has 3 heterocycles.